The summed E-state index contributed by atoms with van der Waals surface area (Å²) in [5.41, 5.74) is 0.670. The minimum atomic E-state index is 0.0762. The topological polar surface area (TPSA) is 54.3 Å². The van der Waals surface area contributed by atoms with E-state index in [0.717, 1.165) is 51.3 Å². The van der Waals surface area contributed by atoms with Crippen LogP contribution >= 0.6 is 0 Å². The molecule has 2 aromatic heterocycles. The molecule has 3 heterocycles. The Kier molecular flexibility index (Phi) is 5.68. The molecule has 6 nitrogen and oxygen atoms in total. The number of carbonyl (C=O) groups is 1. The molecule has 2 aromatic rings. The van der Waals surface area contributed by atoms with E-state index in [4.69, 9.17) is 0 Å². The molecule has 6 heteroatoms. The predicted molar refractivity (Wildman–Crippen MR) is 98.7 cm³/mol. The fourth-order valence-corrected chi connectivity index (χ4v) is 3.49. The summed E-state index contributed by atoms with van der Waals surface area (Å²) in [6.45, 7) is 7.75. The molecule has 1 fully saturated rings. The lowest BCUT2D eigenvalue weighted by atomic mass is 10.2. The van der Waals surface area contributed by atoms with E-state index >= 15 is 0 Å². The Labute approximate surface area is 149 Å². The first-order chi connectivity index (χ1) is 12.2. The number of likely N-dealkylation sites (tertiary alicyclic amines) is 1. The van der Waals surface area contributed by atoms with Gasteiger partial charge in [-0.3, -0.25) is 9.48 Å². The molecule has 134 valence electrons. The van der Waals surface area contributed by atoms with Crippen molar-refractivity contribution in [2.45, 2.75) is 45.7 Å². The summed E-state index contributed by atoms with van der Waals surface area (Å²) >= 11 is 0. The molecule has 0 unspecified atom stereocenters. The molecule has 0 aromatic carbocycles. The van der Waals surface area contributed by atoms with Crippen LogP contribution in [-0.4, -0.2) is 51.2 Å². The van der Waals surface area contributed by atoms with Crippen LogP contribution in [0.15, 0.2) is 36.8 Å². The molecule has 1 aliphatic heterocycles. The van der Waals surface area contributed by atoms with Crippen LogP contribution in [0, 0.1) is 0 Å². The second kappa shape index (κ2) is 8.14. The number of carbonyl (C=O) groups excluding carboxylic acids is 1. The number of amides is 1. The van der Waals surface area contributed by atoms with E-state index in [2.05, 4.69) is 28.8 Å². The van der Waals surface area contributed by atoms with Crippen molar-refractivity contribution in [2.75, 3.05) is 24.5 Å². The SMILES string of the molecule is CCCN(CC)c1ccc(C(=O)N2CCC[C@H]2Cn2cccn2)cn1. The fourth-order valence-electron chi connectivity index (χ4n) is 3.49. The molecule has 0 spiro atoms. The van der Waals surface area contributed by atoms with E-state index in [0.29, 0.717) is 5.56 Å². The highest BCUT2D eigenvalue weighted by atomic mass is 16.2. The van der Waals surface area contributed by atoms with Crippen molar-refractivity contribution < 1.29 is 4.79 Å². The molecule has 0 radical (unpaired) electrons. The van der Waals surface area contributed by atoms with Gasteiger partial charge in [0.2, 0.25) is 0 Å². The third kappa shape index (κ3) is 4.00. The Morgan fingerprint density at radius 2 is 2.24 bits per heavy atom. The van der Waals surface area contributed by atoms with Gasteiger partial charge < -0.3 is 9.80 Å². The summed E-state index contributed by atoms with van der Waals surface area (Å²) in [5, 5.41) is 4.26. The lowest BCUT2D eigenvalue weighted by Crippen LogP contribution is -2.38. The monoisotopic (exact) mass is 341 g/mol. The molecule has 0 saturated carbocycles. The molecule has 1 atom stereocenters. The molecule has 0 bridgehead atoms. The normalized spacial score (nSPS) is 17.0. The first kappa shape index (κ1) is 17.5. The zero-order valence-electron chi connectivity index (χ0n) is 15.1. The molecular formula is C19H27N5O. The fraction of sp³-hybridized carbons (Fsp3) is 0.526. The quantitative estimate of drug-likeness (QED) is 0.777. The number of nitrogens with zero attached hydrogens (tertiary/aromatic N) is 5. The van der Waals surface area contributed by atoms with Crippen LogP contribution in [0.1, 0.15) is 43.5 Å². The number of aromatic nitrogens is 3. The number of hydrogen-bond acceptors (Lipinski definition) is 4. The summed E-state index contributed by atoms with van der Waals surface area (Å²) in [6.07, 6.45) is 8.60. The van der Waals surface area contributed by atoms with Gasteiger partial charge in [0.05, 0.1) is 18.2 Å². The number of pyridine rings is 1. The van der Waals surface area contributed by atoms with Gasteiger partial charge in [-0.25, -0.2) is 4.98 Å². The Bertz CT molecular complexity index is 668. The van der Waals surface area contributed by atoms with Crippen LogP contribution in [-0.2, 0) is 6.54 Å². The number of anilines is 1. The maximum atomic E-state index is 12.9. The lowest BCUT2D eigenvalue weighted by molar-refractivity contribution is 0.0721. The molecule has 1 saturated heterocycles. The van der Waals surface area contributed by atoms with Gasteiger partial charge in [-0.15, -0.1) is 0 Å². The van der Waals surface area contributed by atoms with Gasteiger partial charge in [-0.05, 0) is 44.4 Å². The van der Waals surface area contributed by atoms with Gasteiger partial charge in [0, 0.05) is 38.2 Å². The van der Waals surface area contributed by atoms with Crippen LogP contribution in [0.25, 0.3) is 0 Å². The van der Waals surface area contributed by atoms with Crippen molar-refractivity contribution >= 4 is 11.7 Å². The van der Waals surface area contributed by atoms with Gasteiger partial charge in [0.15, 0.2) is 0 Å². The van der Waals surface area contributed by atoms with Crippen LogP contribution in [0.4, 0.5) is 5.82 Å². The summed E-state index contributed by atoms with van der Waals surface area (Å²) in [5.74, 6) is 1.02. The molecule has 3 rings (SSSR count). The molecule has 1 amide bonds. The summed E-state index contributed by atoms with van der Waals surface area (Å²) in [6, 6.07) is 6.00. The minimum Gasteiger partial charge on any atom is -0.357 e. The Morgan fingerprint density at radius 3 is 2.88 bits per heavy atom. The molecule has 1 aliphatic rings. The average molecular weight is 341 g/mol. The summed E-state index contributed by atoms with van der Waals surface area (Å²) in [4.78, 5) is 21.6. The third-order valence-electron chi connectivity index (χ3n) is 4.79. The van der Waals surface area contributed by atoms with Crippen molar-refractivity contribution in [3.63, 3.8) is 0 Å². The maximum absolute atomic E-state index is 12.9. The highest BCUT2D eigenvalue weighted by Crippen LogP contribution is 2.22. The molecule has 0 aliphatic carbocycles. The van der Waals surface area contributed by atoms with E-state index < -0.39 is 0 Å². The maximum Gasteiger partial charge on any atom is 0.255 e. The zero-order valence-corrected chi connectivity index (χ0v) is 15.1. The van der Waals surface area contributed by atoms with Gasteiger partial charge in [0.1, 0.15) is 5.82 Å². The largest absolute Gasteiger partial charge is 0.357 e. The Balaban J connectivity index is 1.69. The number of rotatable bonds is 7. The highest BCUT2D eigenvalue weighted by Gasteiger charge is 2.30. The van der Waals surface area contributed by atoms with Crippen molar-refractivity contribution in [3.05, 3.63) is 42.4 Å². The Morgan fingerprint density at radius 1 is 1.36 bits per heavy atom. The third-order valence-corrected chi connectivity index (χ3v) is 4.79. The summed E-state index contributed by atoms with van der Waals surface area (Å²) < 4.78 is 1.90. The second-order valence-corrected chi connectivity index (χ2v) is 6.51. The van der Waals surface area contributed by atoms with Gasteiger partial charge in [-0.1, -0.05) is 6.92 Å². The van der Waals surface area contributed by atoms with E-state index in [9.17, 15) is 4.79 Å². The highest BCUT2D eigenvalue weighted by molar-refractivity contribution is 5.94. The standard InChI is InChI=1S/C19H27N5O/c1-3-11-22(4-2)18-9-8-16(14-20-18)19(25)24-13-5-7-17(24)15-23-12-6-10-21-23/h6,8-10,12,14,17H,3-5,7,11,13,15H2,1-2H3/t17-/m0/s1. The summed E-state index contributed by atoms with van der Waals surface area (Å²) in [7, 11) is 0. The molecule has 0 N–H and O–H groups in total. The van der Waals surface area contributed by atoms with Crippen LogP contribution < -0.4 is 4.90 Å². The van der Waals surface area contributed by atoms with Crippen LogP contribution in [0.5, 0.6) is 0 Å². The number of hydrogen-bond donors (Lipinski definition) is 0. The van der Waals surface area contributed by atoms with E-state index in [1.165, 1.54) is 0 Å². The van der Waals surface area contributed by atoms with Crippen molar-refractivity contribution in [3.8, 4) is 0 Å². The Hall–Kier alpha value is -2.37. The smallest absolute Gasteiger partial charge is 0.255 e. The van der Waals surface area contributed by atoms with E-state index in [1.807, 2.05) is 34.0 Å². The zero-order chi connectivity index (χ0) is 17.6. The average Bonchev–Trinajstić information content (AvgIpc) is 3.32. The molecule has 25 heavy (non-hydrogen) atoms. The molecular weight excluding hydrogens is 314 g/mol. The van der Waals surface area contributed by atoms with Gasteiger partial charge in [-0.2, -0.15) is 5.10 Å². The van der Waals surface area contributed by atoms with Gasteiger partial charge in [0.25, 0.3) is 5.91 Å². The minimum absolute atomic E-state index is 0.0762. The predicted octanol–water partition coefficient (Wildman–Crippen LogP) is 2.82. The van der Waals surface area contributed by atoms with Crippen molar-refractivity contribution in [1.29, 1.82) is 0 Å². The van der Waals surface area contributed by atoms with E-state index in [1.54, 1.807) is 12.4 Å². The van der Waals surface area contributed by atoms with Crippen LogP contribution in [0.3, 0.4) is 0 Å². The first-order valence-electron chi connectivity index (χ1n) is 9.22. The van der Waals surface area contributed by atoms with Crippen molar-refractivity contribution in [2.24, 2.45) is 0 Å². The second-order valence-electron chi connectivity index (χ2n) is 6.51. The van der Waals surface area contributed by atoms with Gasteiger partial charge >= 0.3 is 0 Å². The van der Waals surface area contributed by atoms with E-state index in [-0.39, 0.29) is 11.9 Å². The van der Waals surface area contributed by atoms with Crippen LogP contribution in [0.2, 0.25) is 0 Å². The first-order valence-corrected chi connectivity index (χ1v) is 9.22. The lowest BCUT2D eigenvalue weighted by Gasteiger charge is -2.25. The van der Waals surface area contributed by atoms with Crippen molar-refractivity contribution in [1.82, 2.24) is 19.7 Å².